The monoisotopic (exact) mass is 291 g/mol. The summed E-state index contributed by atoms with van der Waals surface area (Å²) in [6.45, 7) is 4.41. The summed E-state index contributed by atoms with van der Waals surface area (Å²) in [7, 11) is 0. The second-order valence-electron chi connectivity index (χ2n) is 5.28. The minimum atomic E-state index is 0.0563. The van der Waals surface area contributed by atoms with Crippen molar-refractivity contribution in [3.8, 4) is 0 Å². The number of piperidine rings is 1. The van der Waals surface area contributed by atoms with Crippen LogP contribution >= 0.6 is 12.2 Å². The first-order valence-corrected chi connectivity index (χ1v) is 7.36. The van der Waals surface area contributed by atoms with Crippen LogP contribution in [0.4, 0.5) is 5.69 Å². The molecule has 3 N–H and O–H groups in total. The van der Waals surface area contributed by atoms with Crippen molar-refractivity contribution in [2.75, 3.05) is 24.5 Å². The number of hydrogen-bond donors (Lipinski definition) is 2. The van der Waals surface area contributed by atoms with Crippen molar-refractivity contribution >= 4 is 28.8 Å². The molecule has 1 aromatic carbocycles. The highest BCUT2D eigenvalue weighted by Gasteiger charge is 2.19. The summed E-state index contributed by atoms with van der Waals surface area (Å²) in [6.07, 6.45) is 2.22. The topological polar surface area (TPSA) is 58.4 Å². The number of nitrogens with zero attached hydrogens (tertiary/aromatic N) is 1. The Balaban J connectivity index is 1.87. The molecule has 108 valence electrons. The number of anilines is 1. The van der Waals surface area contributed by atoms with Crippen molar-refractivity contribution in [1.82, 2.24) is 5.32 Å². The molecule has 0 saturated carbocycles. The van der Waals surface area contributed by atoms with Gasteiger partial charge in [0.1, 0.15) is 4.99 Å². The van der Waals surface area contributed by atoms with Gasteiger partial charge in [-0.3, -0.25) is 4.79 Å². The second kappa shape index (κ2) is 6.70. The molecule has 1 aromatic rings. The fourth-order valence-electron chi connectivity index (χ4n) is 2.52. The van der Waals surface area contributed by atoms with Gasteiger partial charge in [-0.25, -0.2) is 0 Å². The predicted molar refractivity (Wildman–Crippen MR) is 86.0 cm³/mol. The van der Waals surface area contributed by atoms with Crippen molar-refractivity contribution in [2.24, 2.45) is 11.7 Å². The number of amides is 1. The van der Waals surface area contributed by atoms with Crippen LogP contribution in [-0.2, 0) is 4.79 Å². The van der Waals surface area contributed by atoms with E-state index in [0.717, 1.165) is 38.0 Å². The van der Waals surface area contributed by atoms with Crippen LogP contribution in [0.2, 0.25) is 0 Å². The lowest BCUT2D eigenvalue weighted by atomic mass is 9.96. The summed E-state index contributed by atoms with van der Waals surface area (Å²) in [6, 6.07) is 8.09. The highest BCUT2D eigenvalue weighted by molar-refractivity contribution is 7.80. The SMILES string of the molecule is CC(=O)NCC1CCN(c2ccc(C(N)=S)cc2)CC1. The Labute approximate surface area is 125 Å². The Kier molecular flexibility index (Phi) is 4.95. The fraction of sp³-hybridized carbons (Fsp3) is 0.467. The maximum absolute atomic E-state index is 10.9. The van der Waals surface area contributed by atoms with Crippen molar-refractivity contribution in [1.29, 1.82) is 0 Å². The zero-order valence-corrected chi connectivity index (χ0v) is 12.6. The largest absolute Gasteiger partial charge is 0.389 e. The van der Waals surface area contributed by atoms with Gasteiger partial charge in [-0.15, -0.1) is 0 Å². The zero-order valence-electron chi connectivity index (χ0n) is 11.8. The van der Waals surface area contributed by atoms with E-state index in [2.05, 4.69) is 22.3 Å². The van der Waals surface area contributed by atoms with E-state index in [1.54, 1.807) is 6.92 Å². The van der Waals surface area contributed by atoms with Gasteiger partial charge in [0.25, 0.3) is 0 Å². The van der Waals surface area contributed by atoms with Crippen LogP contribution < -0.4 is 16.0 Å². The molecule has 0 radical (unpaired) electrons. The van der Waals surface area contributed by atoms with E-state index in [1.165, 1.54) is 5.69 Å². The first-order valence-electron chi connectivity index (χ1n) is 6.95. The molecule has 5 heteroatoms. The van der Waals surface area contributed by atoms with Gasteiger partial charge in [-0.2, -0.15) is 0 Å². The Bertz CT molecular complexity index is 478. The minimum Gasteiger partial charge on any atom is -0.389 e. The van der Waals surface area contributed by atoms with Crippen molar-refractivity contribution in [2.45, 2.75) is 19.8 Å². The number of benzene rings is 1. The van der Waals surface area contributed by atoms with Crippen LogP contribution in [0.15, 0.2) is 24.3 Å². The van der Waals surface area contributed by atoms with Gasteiger partial charge in [0.2, 0.25) is 5.91 Å². The maximum atomic E-state index is 10.9. The smallest absolute Gasteiger partial charge is 0.216 e. The number of nitrogens with two attached hydrogens (primary N) is 1. The van der Waals surface area contributed by atoms with Gasteiger partial charge in [0.15, 0.2) is 0 Å². The van der Waals surface area contributed by atoms with Gasteiger partial charge in [-0.05, 0) is 43.0 Å². The molecular weight excluding hydrogens is 270 g/mol. The van der Waals surface area contributed by atoms with Crippen LogP contribution in [0.3, 0.4) is 0 Å². The molecule has 0 atom stereocenters. The van der Waals surface area contributed by atoms with Crippen LogP contribution in [0.5, 0.6) is 0 Å². The number of nitrogens with one attached hydrogen (secondary N) is 1. The summed E-state index contributed by atoms with van der Waals surface area (Å²) >= 11 is 4.96. The zero-order chi connectivity index (χ0) is 14.5. The lowest BCUT2D eigenvalue weighted by Crippen LogP contribution is -2.38. The van der Waals surface area contributed by atoms with E-state index in [0.29, 0.717) is 10.9 Å². The van der Waals surface area contributed by atoms with E-state index >= 15 is 0 Å². The highest BCUT2D eigenvalue weighted by atomic mass is 32.1. The van der Waals surface area contributed by atoms with E-state index < -0.39 is 0 Å². The molecule has 0 spiro atoms. The lowest BCUT2D eigenvalue weighted by molar-refractivity contribution is -0.119. The number of hydrogen-bond acceptors (Lipinski definition) is 3. The molecule has 1 saturated heterocycles. The van der Waals surface area contributed by atoms with Crippen LogP contribution in [0.25, 0.3) is 0 Å². The first kappa shape index (κ1) is 14.8. The second-order valence-corrected chi connectivity index (χ2v) is 5.72. The molecule has 1 aliphatic heterocycles. The van der Waals surface area contributed by atoms with Crippen LogP contribution in [0.1, 0.15) is 25.3 Å². The summed E-state index contributed by atoms with van der Waals surface area (Å²) < 4.78 is 0. The van der Waals surface area contributed by atoms with Gasteiger partial charge < -0.3 is 16.0 Å². The molecule has 0 unspecified atom stereocenters. The molecular formula is C15H21N3OS. The van der Waals surface area contributed by atoms with Crippen LogP contribution in [-0.4, -0.2) is 30.5 Å². The third-order valence-corrected chi connectivity index (χ3v) is 4.01. The Morgan fingerprint density at radius 3 is 2.45 bits per heavy atom. The van der Waals surface area contributed by atoms with Crippen molar-refractivity contribution < 1.29 is 4.79 Å². The summed E-state index contributed by atoms with van der Waals surface area (Å²) in [4.78, 5) is 13.7. The Morgan fingerprint density at radius 2 is 1.95 bits per heavy atom. The highest BCUT2D eigenvalue weighted by Crippen LogP contribution is 2.23. The van der Waals surface area contributed by atoms with Gasteiger partial charge >= 0.3 is 0 Å². The molecule has 0 aliphatic carbocycles. The standard InChI is InChI=1S/C15H21N3OS/c1-11(19)17-10-12-6-8-18(9-7-12)14-4-2-13(3-5-14)15(16)20/h2-5,12H,6-10H2,1H3,(H2,16,20)(H,17,19). The molecule has 1 amide bonds. The molecule has 0 aromatic heterocycles. The molecule has 0 bridgehead atoms. The minimum absolute atomic E-state index is 0.0563. The average molecular weight is 291 g/mol. The van der Waals surface area contributed by atoms with Gasteiger partial charge in [-0.1, -0.05) is 12.2 Å². The van der Waals surface area contributed by atoms with Gasteiger partial charge in [0.05, 0.1) is 0 Å². The third-order valence-electron chi connectivity index (χ3n) is 3.77. The van der Waals surface area contributed by atoms with E-state index in [-0.39, 0.29) is 5.91 Å². The van der Waals surface area contributed by atoms with E-state index in [4.69, 9.17) is 18.0 Å². The average Bonchev–Trinajstić information content (AvgIpc) is 2.46. The van der Waals surface area contributed by atoms with Gasteiger partial charge in [0, 0.05) is 37.8 Å². The van der Waals surface area contributed by atoms with Crippen LogP contribution in [0, 0.1) is 5.92 Å². The number of rotatable bonds is 4. The Morgan fingerprint density at radius 1 is 1.35 bits per heavy atom. The fourth-order valence-corrected chi connectivity index (χ4v) is 2.66. The summed E-state index contributed by atoms with van der Waals surface area (Å²) in [5.41, 5.74) is 7.72. The Hall–Kier alpha value is -1.62. The summed E-state index contributed by atoms with van der Waals surface area (Å²) in [5.74, 6) is 0.645. The number of carbonyl (C=O) groups is 1. The number of thiocarbonyl (C=S) groups is 1. The normalized spacial score (nSPS) is 15.9. The van der Waals surface area contributed by atoms with E-state index in [1.807, 2.05) is 12.1 Å². The van der Waals surface area contributed by atoms with Crippen molar-refractivity contribution in [3.05, 3.63) is 29.8 Å². The third kappa shape index (κ3) is 3.93. The molecule has 20 heavy (non-hydrogen) atoms. The maximum Gasteiger partial charge on any atom is 0.216 e. The number of carbonyl (C=O) groups excluding carboxylic acids is 1. The molecule has 1 heterocycles. The van der Waals surface area contributed by atoms with E-state index in [9.17, 15) is 4.79 Å². The quantitative estimate of drug-likeness (QED) is 0.829. The van der Waals surface area contributed by atoms with Crippen molar-refractivity contribution in [3.63, 3.8) is 0 Å². The molecule has 2 rings (SSSR count). The molecule has 4 nitrogen and oxygen atoms in total. The molecule has 1 fully saturated rings. The molecule has 1 aliphatic rings. The lowest BCUT2D eigenvalue weighted by Gasteiger charge is -2.33. The summed E-state index contributed by atoms with van der Waals surface area (Å²) in [5, 5.41) is 2.90. The first-order chi connectivity index (χ1) is 9.56. The predicted octanol–water partition coefficient (Wildman–Crippen LogP) is 1.67.